The molecule has 0 radical (unpaired) electrons. The fourth-order valence-electron chi connectivity index (χ4n) is 7.74. The van der Waals surface area contributed by atoms with Crippen LogP contribution in [0.5, 0.6) is 5.75 Å². The number of piperidine rings is 1. The third-order valence-corrected chi connectivity index (χ3v) is 12.7. The second-order valence-electron chi connectivity index (χ2n) is 15.6. The minimum Gasteiger partial charge on any atom is -0.493 e. The van der Waals surface area contributed by atoms with Crippen molar-refractivity contribution in [2.45, 2.75) is 52.0 Å². The Balaban J connectivity index is 1.02. The predicted octanol–water partition coefficient (Wildman–Crippen LogP) is 6.44. The van der Waals surface area contributed by atoms with Crippen LogP contribution < -0.4 is 20.1 Å². The standard InChI is InChI=1S/C46H56ClFN6O8S/c1-2-60-42-15-9-14-40(48)39(42)31-53-25-27-54(28-26-53)44(55)43(50-46(57)62-33-35-12-7-4-8-13-35)36-18-22-52(23-19-36)24-20-37-30-38(47)16-17-41(37)51-63(58,59)29-21-49-45(56)61-32-34-10-5-3-6-11-34/h3-17,30,36,43,51H,2,18-29,31-33H2,1H3,(H,49,56)(H,50,57)/t43-/m1/s1. The van der Waals surface area contributed by atoms with Crippen molar-refractivity contribution in [1.29, 1.82) is 0 Å². The van der Waals surface area contributed by atoms with E-state index in [1.165, 1.54) is 6.07 Å². The van der Waals surface area contributed by atoms with Gasteiger partial charge in [0.1, 0.15) is 30.8 Å². The van der Waals surface area contributed by atoms with Crippen LogP contribution in [0.2, 0.25) is 5.02 Å². The second kappa shape index (κ2) is 23.3. The highest BCUT2D eigenvalue weighted by atomic mass is 35.5. The number of rotatable bonds is 19. The van der Waals surface area contributed by atoms with Crippen molar-refractivity contribution in [3.05, 3.63) is 130 Å². The van der Waals surface area contributed by atoms with E-state index in [-0.39, 0.29) is 43.2 Å². The van der Waals surface area contributed by atoms with Crippen molar-refractivity contribution < 1.29 is 41.4 Å². The SMILES string of the molecule is CCOc1cccc(F)c1CN1CCN(C(=O)[C@H](NC(=O)OCc2ccccc2)C2CCN(CCc3cc(Cl)ccc3NS(=O)(=O)CCNC(=O)OCc3ccccc3)CC2)CC1. The predicted molar refractivity (Wildman–Crippen MR) is 239 cm³/mol. The molecule has 63 heavy (non-hydrogen) atoms. The minimum absolute atomic E-state index is 0.0623. The van der Waals surface area contributed by atoms with Gasteiger partial charge in [0.2, 0.25) is 15.9 Å². The van der Waals surface area contributed by atoms with Crippen LogP contribution in [-0.2, 0) is 50.5 Å². The van der Waals surface area contributed by atoms with E-state index >= 15 is 0 Å². The van der Waals surface area contributed by atoms with Crippen LogP contribution in [0.3, 0.4) is 0 Å². The third kappa shape index (κ3) is 14.6. The summed E-state index contributed by atoms with van der Waals surface area (Å²) in [6.07, 6.45) is 0.351. The van der Waals surface area contributed by atoms with Crippen molar-refractivity contribution in [2.24, 2.45) is 5.92 Å². The summed E-state index contributed by atoms with van der Waals surface area (Å²) in [4.78, 5) is 45.7. The lowest BCUT2D eigenvalue weighted by atomic mass is 9.88. The Morgan fingerprint density at radius 3 is 2.11 bits per heavy atom. The summed E-state index contributed by atoms with van der Waals surface area (Å²) in [5.74, 6) is -0.530. The van der Waals surface area contributed by atoms with Gasteiger partial charge in [-0.2, -0.15) is 0 Å². The lowest BCUT2D eigenvalue weighted by Gasteiger charge is -2.40. The molecule has 2 fully saturated rings. The number of carbonyl (C=O) groups excluding carboxylic acids is 3. The van der Waals surface area contributed by atoms with E-state index in [0.717, 1.165) is 11.1 Å². The summed E-state index contributed by atoms with van der Waals surface area (Å²) in [5, 5.41) is 5.86. The van der Waals surface area contributed by atoms with Gasteiger partial charge in [-0.15, -0.1) is 0 Å². The number of piperazine rings is 1. The number of nitrogens with one attached hydrogen (secondary N) is 3. The van der Waals surface area contributed by atoms with Crippen molar-refractivity contribution in [2.75, 3.05) is 69.4 Å². The van der Waals surface area contributed by atoms with Crippen molar-refractivity contribution in [3.63, 3.8) is 0 Å². The molecule has 3 N–H and O–H groups in total. The smallest absolute Gasteiger partial charge is 0.408 e. The molecule has 0 spiro atoms. The van der Waals surface area contributed by atoms with Gasteiger partial charge < -0.3 is 34.6 Å². The van der Waals surface area contributed by atoms with Crippen LogP contribution in [0.4, 0.5) is 19.7 Å². The zero-order valence-electron chi connectivity index (χ0n) is 35.5. The lowest BCUT2D eigenvalue weighted by Crippen LogP contribution is -2.58. The van der Waals surface area contributed by atoms with E-state index in [4.69, 9.17) is 25.8 Å². The first-order valence-corrected chi connectivity index (χ1v) is 23.3. The number of nitrogens with zero attached hydrogens (tertiary/aromatic N) is 3. The van der Waals surface area contributed by atoms with Gasteiger partial charge in [0.25, 0.3) is 0 Å². The lowest BCUT2D eigenvalue weighted by molar-refractivity contribution is -0.137. The summed E-state index contributed by atoms with van der Waals surface area (Å²) < 4.78 is 60.0. The average Bonchev–Trinajstić information content (AvgIpc) is 3.29. The number of hydrogen-bond donors (Lipinski definition) is 3. The number of benzene rings is 4. The number of anilines is 1. The van der Waals surface area contributed by atoms with Gasteiger partial charge in [0.05, 0.1) is 18.0 Å². The molecule has 0 unspecified atom stereocenters. The Bertz CT molecular complexity index is 2230. The Hall–Kier alpha value is -5.42. The number of halogens is 2. The highest BCUT2D eigenvalue weighted by molar-refractivity contribution is 7.92. The molecule has 2 aliphatic heterocycles. The average molecular weight is 908 g/mol. The molecule has 0 saturated carbocycles. The summed E-state index contributed by atoms with van der Waals surface area (Å²) in [6, 6.07) is 27.5. The highest BCUT2D eigenvalue weighted by Crippen LogP contribution is 2.27. The van der Waals surface area contributed by atoms with Gasteiger partial charge in [-0.05, 0) is 92.2 Å². The monoisotopic (exact) mass is 906 g/mol. The van der Waals surface area contributed by atoms with E-state index in [1.54, 1.807) is 35.2 Å². The quantitative estimate of drug-likeness (QED) is 0.0957. The maximum absolute atomic E-state index is 14.8. The molecule has 3 amide bonds. The maximum Gasteiger partial charge on any atom is 0.408 e. The second-order valence-corrected chi connectivity index (χ2v) is 17.9. The summed E-state index contributed by atoms with van der Waals surface area (Å²) in [6.45, 7) is 6.36. The number of ether oxygens (including phenoxy) is 3. The molecule has 0 aliphatic carbocycles. The van der Waals surface area contributed by atoms with Gasteiger partial charge in [-0.25, -0.2) is 22.4 Å². The van der Waals surface area contributed by atoms with E-state index in [0.29, 0.717) is 106 Å². The third-order valence-electron chi connectivity index (χ3n) is 11.2. The van der Waals surface area contributed by atoms with E-state index in [1.807, 2.05) is 67.6 Å². The van der Waals surface area contributed by atoms with Crippen molar-refractivity contribution >= 4 is 45.4 Å². The molecular formula is C46H56ClFN6O8S. The molecule has 2 heterocycles. The maximum atomic E-state index is 14.8. The van der Waals surface area contributed by atoms with E-state index in [2.05, 4.69) is 25.2 Å². The molecule has 4 aromatic rings. The zero-order valence-corrected chi connectivity index (χ0v) is 37.1. The number of alkyl carbamates (subject to hydrolysis) is 2. The number of hydrogen-bond acceptors (Lipinski definition) is 10. The van der Waals surface area contributed by atoms with Gasteiger partial charge >= 0.3 is 12.2 Å². The first-order valence-electron chi connectivity index (χ1n) is 21.3. The first-order chi connectivity index (χ1) is 30.5. The molecule has 338 valence electrons. The van der Waals surface area contributed by atoms with Crippen LogP contribution in [-0.4, -0.2) is 112 Å². The molecule has 4 aromatic carbocycles. The molecule has 17 heteroatoms. The van der Waals surface area contributed by atoms with Crippen LogP contribution >= 0.6 is 11.6 Å². The van der Waals surface area contributed by atoms with Gasteiger partial charge in [-0.3, -0.25) is 14.4 Å². The molecule has 14 nitrogen and oxygen atoms in total. The van der Waals surface area contributed by atoms with E-state index < -0.39 is 28.3 Å². The Morgan fingerprint density at radius 1 is 0.810 bits per heavy atom. The molecule has 0 bridgehead atoms. The highest BCUT2D eigenvalue weighted by Gasteiger charge is 2.37. The number of amides is 3. The minimum atomic E-state index is -3.84. The summed E-state index contributed by atoms with van der Waals surface area (Å²) in [5.41, 5.74) is 3.23. The van der Waals surface area contributed by atoms with Crippen LogP contribution in [0, 0.1) is 11.7 Å². The number of sulfonamides is 1. The molecule has 6 rings (SSSR count). The topological polar surface area (TPSA) is 159 Å². The Morgan fingerprint density at radius 2 is 1.46 bits per heavy atom. The molecule has 2 saturated heterocycles. The van der Waals surface area contributed by atoms with Crippen molar-refractivity contribution in [3.8, 4) is 5.75 Å². The molecule has 0 aromatic heterocycles. The Kier molecular flexibility index (Phi) is 17.4. The number of likely N-dealkylation sites (tertiary alicyclic amines) is 1. The van der Waals surface area contributed by atoms with Gasteiger partial charge in [-0.1, -0.05) is 78.3 Å². The molecular weight excluding hydrogens is 851 g/mol. The van der Waals surface area contributed by atoms with Gasteiger partial charge in [0.15, 0.2) is 0 Å². The van der Waals surface area contributed by atoms with Crippen LogP contribution in [0.15, 0.2) is 97.1 Å². The van der Waals surface area contributed by atoms with Crippen LogP contribution in [0.1, 0.15) is 42.0 Å². The summed E-state index contributed by atoms with van der Waals surface area (Å²) in [7, 11) is -3.84. The van der Waals surface area contributed by atoms with Crippen molar-refractivity contribution in [1.82, 2.24) is 25.3 Å². The normalized spacial score (nSPS) is 15.6. The zero-order chi connectivity index (χ0) is 44.6. The fraction of sp³-hybridized carbons (Fsp3) is 0.413. The Labute approximate surface area is 374 Å². The molecule has 2 aliphatic rings. The largest absolute Gasteiger partial charge is 0.493 e. The van der Waals surface area contributed by atoms with Crippen LogP contribution in [0.25, 0.3) is 0 Å². The number of carbonyl (C=O) groups is 3. The fourth-order valence-corrected chi connectivity index (χ4v) is 8.94. The van der Waals surface area contributed by atoms with E-state index in [9.17, 15) is 27.2 Å². The summed E-state index contributed by atoms with van der Waals surface area (Å²) >= 11 is 6.36. The first kappa shape index (κ1) is 47.1. The van der Waals surface area contributed by atoms with Gasteiger partial charge in [0, 0.05) is 56.4 Å². The molecule has 1 atom stereocenters.